The van der Waals surface area contributed by atoms with Gasteiger partial charge in [0.15, 0.2) is 11.2 Å². The molecule has 2 aromatic rings. The van der Waals surface area contributed by atoms with Gasteiger partial charge in [-0.15, -0.1) is 0 Å². The number of fused-ring (bicyclic) bond motifs is 1. The molecule has 2 heterocycles. The third kappa shape index (κ3) is 1.68. The summed E-state index contributed by atoms with van der Waals surface area (Å²) in [4.78, 5) is 23.4. The lowest BCUT2D eigenvalue weighted by Crippen LogP contribution is -2.09. The number of aromatic nitrogens is 4. The van der Waals surface area contributed by atoms with Crippen molar-refractivity contribution in [2.75, 3.05) is 5.32 Å². The summed E-state index contributed by atoms with van der Waals surface area (Å²) in [5, 5.41) is 11.6. The third-order valence-electron chi connectivity index (χ3n) is 1.59. The van der Waals surface area contributed by atoms with Crippen molar-refractivity contribution in [3.05, 3.63) is 6.08 Å². The van der Waals surface area contributed by atoms with E-state index in [4.69, 9.17) is 0 Å². The van der Waals surface area contributed by atoms with Gasteiger partial charge in [-0.3, -0.25) is 10.1 Å². The summed E-state index contributed by atoms with van der Waals surface area (Å²) >= 11 is 0. The summed E-state index contributed by atoms with van der Waals surface area (Å²) in [5.74, 6) is -0.996. The van der Waals surface area contributed by atoms with Gasteiger partial charge in [-0.1, -0.05) is 0 Å². The zero-order valence-corrected chi connectivity index (χ0v) is 7.58. The maximum atomic E-state index is 12.7. The summed E-state index contributed by atoms with van der Waals surface area (Å²) in [6.45, 7) is 1.26. The molecule has 0 aliphatic heterocycles. The van der Waals surface area contributed by atoms with Crippen molar-refractivity contribution in [2.24, 2.45) is 0 Å². The van der Waals surface area contributed by atoms with Gasteiger partial charge in [0.2, 0.25) is 17.7 Å². The van der Waals surface area contributed by atoms with E-state index in [2.05, 4.69) is 25.3 Å². The molecule has 78 valence electrons. The van der Waals surface area contributed by atoms with Gasteiger partial charge in [0.1, 0.15) is 0 Å². The lowest BCUT2D eigenvalue weighted by atomic mass is 10.5. The molecule has 0 unspecified atom stereocenters. The molecule has 15 heavy (non-hydrogen) atoms. The standard InChI is InChI=1S/C7H6FN5O2/c1-2(14)9-7-12-4-3(5(15)13-7)10-6(8)11-4/h1H3,(H3,9,10,11,12,13,14,15). The van der Waals surface area contributed by atoms with E-state index in [1.165, 1.54) is 6.92 Å². The second-order valence-electron chi connectivity index (χ2n) is 2.78. The second-order valence-corrected chi connectivity index (χ2v) is 2.78. The van der Waals surface area contributed by atoms with Gasteiger partial charge >= 0.3 is 0 Å². The molecular formula is C7H6FN5O2. The Morgan fingerprint density at radius 1 is 1.47 bits per heavy atom. The Morgan fingerprint density at radius 2 is 2.20 bits per heavy atom. The van der Waals surface area contributed by atoms with Crippen LogP contribution in [0.25, 0.3) is 11.2 Å². The number of amides is 1. The first-order valence-electron chi connectivity index (χ1n) is 3.96. The molecule has 2 rings (SSSR count). The van der Waals surface area contributed by atoms with Crippen LogP contribution in [0.4, 0.5) is 10.3 Å². The largest absolute Gasteiger partial charge is 0.492 e. The Balaban J connectivity index is 2.56. The molecule has 2 aromatic heterocycles. The minimum Gasteiger partial charge on any atom is -0.492 e. The summed E-state index contributed by atoms with van der Waals surface area (Å²) < 4.78 is 12.7. The molecule has 8 heteroatoms. The highest BCUT2D eigenvalue weighted by molar-refractivity contribution is 5.88. The normalized spacial score (nSPS) is 10.5. The topological polar surface area (TPSA) is 104 Å². The van der Waals surface area contributed by atoms with Gasteiger partial charge in [-0.2, -0.15) is 19.3 Å². The number of hydrogen-bond acceptors (Lipinski definition) is 5. The van der Waals surface area contributed by atoms with E-state index in [9.17, 15) is 14.3 Å². The van der Waals surface area contributed by atoms with Crippen LogP contribution in [0.2, 0.25) is 0 Å². The quantitative estimate of drug-likeness (QED) is 0.582. The first-order chi connectivity index (χ1) is 7.06. The minimum absolute atomic E-state index is 0.0124. The SMILES string of the molecule is CC(=O)Nc1nc(O)c2[nH]c(F)nc2n1. The Labute approximate surface area is 82.4 Å². The van der Waals surface area contributed by atoms with Crippen LogP contribution in [-0.4, -0.2) is 30.9 Å². The number of nitrogens with one attached hydrogen (secondary N) is 2. The number of halogens is 1. The van der Waals surface area contributed by atoms with Gasteiger partial charge in [-0.25, -0.2) is 0 Å². The summed E-state index contributed by atoms with van der Waals surface area (Å²) in [5.41, 5.74) is -0.0645. The van der Waals surface area contributed by atoms with E-state index >= 15 is 0 Å². The molecule has 0 atom stereocenters. The molecule has 0 spiro atoms. The first kappa shape index (κ1) is 9.31. The Morgan fingerprint density at radius 3 is 2.87 bits per heavy atom. The van der Waals surface area contributed by atoms with Gasteiger partial charge in [0.05, 0.1) is 0 Å². The molecule has 0 bridgehead atoms. The number of carbonyl (C=O) groups excluding carboxylic acids is 1. The molecule has 0 saturated carbocycles. The zero-order valence-electron chi connectivity index (χ0n) is 7.58. The predicted molar refractivity (Wildman–Crippen MR) is 47.6 cm³/mol. The van der Waals surface area contributed by atoms with Crippen LogP contribution in [0.15, 0.2) is 0 Å². The summed E-state index contributed by atoms with van der Waals surface area (Å²) in [6.07, 6.45) is -0.880. The first-order valence-corrected chi connectivity index (χ1v) is 3.96. The average Bonchev–Trinajstić information content (AvgIpc) is 2.44. The maximum absolute atomic E-state index is 12.7. The number of rotatable bonds is 1. The van der Waals surface area contributed by atoms with Crippen LogP contribution in [0, 0.1) is 6.08 Å². The minimum atomic E-state index is -0.880. The van der Waals surface area contributed by atoms with Crippen LogP contribution in [0.3, 0.4) is 0 Å². The number of aromatic hydroxyl groups is 1. The van der Waals surface area contributed by atoms with Crippen molar-refractivity contribution in [3.63, 3.8) is 0 Å². The monoisotopic (exact) mass is 211 g/mol. The van der Waals surface area contributed by atoms with E-state index in [1.54, 1.807) is 0 Å². The average molecular weight is 211 g/mol. The fourth-order valence-corrected chi connectivity index (χ4v) is 1.07. The van der Waals surface area contributed by atoms with Crippen molar-refractivity contribution in [1.29, 1.82) is 0 Å². The van der Waals surface area contributed by atoms with Crippen LogP contribution in [0.5, 0.6) is 5.88 Å². The number of nitrogens with zero attached hydrogens (tertiary/aromatic N) is 3. The number of aromatic amines is 1. The molecule has 0 radical (unpaired) electrons. The number of anilines is 1. The highest BCUT2D eigenvalue weighted by Crippen LogP contribution is 2.19. The lowest BCUT2D eigenvalue weighted by Gasteiger charge is -1.99. The lowest BCUT2D eigenvalue weighted by molar-refractivity contribution is -0.114. The van der Waals surface area contributed by atoms with Gasteiger partial charge in [0.25, 0.3) is 6.08 Å². The molecule has 0 aliphatic rings. The molecule has 0 aromatic carbocycles. The maximum Gasteiger partial charge on any atom is 0.289 e. The van der Waals surface area contributed by atoms with E-state index in [0.29, 0.717) is 0 Å². The molecule has 0 fully saturated rings. The van der Waals surface area contributed by atoms with Crippen LogP contribution < -0.4 is 5.32 Å². The number of imidazole rings is 1. The Bertz CT molecular complexity index is 537. The van der Waals surface area contributed by atoms with Crippen LogP contribution >= 0.6 is 0 Å². The van der Waals surface area contributed by atoms with Crippen LogP contribution in [-0.2, 0) is 4.79 Å². The number of H-pyrrole nitrogens is 1. The molecular weight excluding hydrogens is 205 g/mol. The Kier molecular flexibility index (Phi) is 1.96. The zero-order chi connectivity index (χ0) is 11.0. The fraction of sp³-hybridized carbons (Fsp3) is 0.143. The van der Waals surface area contributed by atoms with E-state index in [-0.39, 0.29) is 17.1 Å². The summed E-state index contributed by atoms with van der Waals surface area (Å²) in [7, 11) is 0. The molecule has 0 aliphatic carbocycles. The highest BCUT2D eigenvalue weighted by Gasteiger charge is 2.12. The Hall–Kier alpha value is -2.25. The summed E-state index contributed by atoms with van der Waals surface area (Å²) in [6, 6.07) is 0. The van der Waals surface area contributed by atoms with E-state index in [1.807, 2.05) is 0 Å². The fourth-order valence-electron chi connectivity index (χ4n) is 1.07. The molecule has 0 saturated heterocycles. The van der Waals surface area contributed by atoms with Crippen molar-refractivity contribution in [1.82, 2.24) is 19.9 Å². The van der Waals surface area contributed by atoms with Crippen molar-refractivity contribution >= 4 is 23.0 Å². The molecule has 3 N–H and O–H groups in total. The van der Waals surface area contributed by atoms with Crippen molar-refractivity contribution in [3.8, 4) is 5.88 Å². The smallest absolute Gasteiger partial charge is 0.289 e. The molecule has 1 amide bonds. The number of hydrogen-bond donors (Lipinski definition) is 3. The van der Waals surface area contributed by atoms with Crippen molar-refractivity contribution < 1.29 is 14.3 Å². The van der Waals surface area contributed by atoms with Crippen molar-refractivity contribution in [2.45, 2.75) is 6.92 Å². The molecule has 7 nitrogen and oxygen atoms in total. The van der Waals surface area contributed by atoms with Gasteiger partial charge < -0.3 is 10.1 Å². The third-order valence-corrected chi connectivity index (χ3v) is 1.59. The van der Waals surface area contributed by atoms with Gasteiger partial charge in [0, 0.05) is 6.92 Å². The van der Waals surface area contributed by atoms with Crippen LogP contribution in [0.1, 0.15) is 6.92 Å². The number of carbonyl (C=O) groups is 1. The second kappa shape index (κ2) is 3.15. The van der Waals surface area contributed by atoms with Gasteiger partial charge in [-0.05, 0) is 0 Å². The highest BCUT2D eigenvalue weighted by atomic mass is 19.1. The van der Waals surface area contributed by atoms with E-state index in [0.717, 1.165) is 0 Å². The predicted octanol–water partition coefficient (Wildman–Crippen LogP) is 0.156. The van der Waals surface area contributed by atoms with E-state index < -0.39 is 17.9 Å².